The zero-order valence-electron chi connectivity index (χ0n) is 23.2. The van der Waals surface area contributed by atoms with Crippen molar-refractivity contribution in [1.82, 2.24) is 20.9 Å². The molecule has 1 saturated heterocycles. The molecule has 0 aliphatic carbocycles. The van der Waals surface area contributed by atoms with Crippen LogP contribution >= 0.6 is 0 Å². The topological polar surface area (TPSA) is 126 Å². The number of carbonyl (C=O) groups excluding carboxylic acids is 4. The fraction of sp³-hybridized carbons (Fsp3) is 0.467. The molecule has 0 bridgehead atoms. The molecule has 2 heterocycles. The van der Waals surface area contributed by atoms with E-state index in [0.29, 0.717) is 38.3 Å². The van der Waals surface area contributed by atoms with Crippen LogP contribution in [0.5, 0.6) is 5.75 Å². The van der Waals surface area contributed by atoms with Gasteiger partial charge in [-0.05, 0) is 56.0 Å². The lowest BCUT2D eigenvalue weighted by atomic mass is 9.74. The molecule has 2 aromatic rings. The first-order valence-corrected chi connectivity index (χ1v) is 14.0. The maximum Gasteiger partial charge on any atom is 0.255 e. The van der Waals surface area contributed by atoms with Crippen molar-refractivity contribution in [2.75, 3.05) is 46.0 Å². The molecule has 0 radical (unpaired) electrons. The Labute approximate surface area is 238 Å². The minimum atomic E-state index is -1.04. The first-order chi connectivity index (χ1) is 19.8. The molecule has 0 spiro atoms. The largest absolute Gasteiger partial charge is 0.491 e. The Kier molecular flexibility index (Phi) is 10.3. The van der Waals surface area contributed by atoms with Crippen molar-refractivity contribution in [1.29, 1.82) is 0 Å². The Hall–Kier alpha value is -3.99. The standard InChI is InChI=1S/C30H37FN4O6/c1-2-35-19-26(36)32-14-17-41-25-9-4-3-8-23(25)28(38)34-24(10-11-27(35)37)29(39)33-20-30(12-15-40-16-13-30)21-6-5-7-22(31)18-21/h3-9,18,24H,2,10-17,19-20H2,1H3,(H,32,36)(H,33,39)(H,34,38)/t24-/m0/s1. The first-order valence-electron chi connectivity index (χ1n) is 14.0. The minimum absolute atomic E-state index is 0.0215. The minimum Gasteiger partial charge on any atom is -0.491 e. The number of likely N-dealkylation sites (N-methyl/N-ethyl adjacent to an activating group) is 1. The number of nitrogens with one attached hydrogen (secondary N) is 3. The van der Waals surface area contributed by atoms with E-state index < -0.39 is 23.3 Å². The highest BCUT2D eigenvalue weighted by Gasteiger charge is 2.36. The van der Waals surface area contributed by atoms with Gasteiger partial charge in [-0.2, -0.15) is 0 Å². The van der Waals surface area contributed by atoms with Gasteiger partial charge in [-0.1, -0.05) is 24.3 Å². The third kappa shape index (κ3) is 7.81. The van der Waals surface area contributed by atoms with Crippen molar-refractivity contribution in [2.24, 2.45) is 0 Å². The van der Waals surface area contributed by atoms with Crippen LogP contribution in [0, 0.1) is 5.82 Å². The summed E-state index contributed by atoms with van der Waals surface area (Å²) in [5, 5.41) is 8.47. The van der Waals surface area contributed by atoms with Crippen LogP contribution < -0.4 is 20.7 Å². The van der Waals surface area contributed by atoms with Crippen LogP contribution in [0.15, 0.2) is 48.5 Å². The lowest BCUT2D eigenvalue weighted by molar-refractivity contribution is -0.136. The molecule has 0 aromatic heterocycles. The Morgan fingerprint density at radius 3 is 2.63 bits per heavy atom. The molecule has 1 atom stereocenters. The van der Waals surface area contributed by atoms with Crippen LogP contribution in [0.2, 0.25) is 0 Å². The van der Waals surface area contributed by atoms with Gasteiger partial charge in [0, 0.05) is 38.1 Å². The molecular weight excluding hydrogens is 531 g/mol. The number of hydrogen-bond acceptors (Lipinski definition) is 6. The average molecular weight is 569 g/mol. The second kappa shape index (κ2) is 14.1. The molecule has 0 unspecified atom stereocenters. The van der Waals surface area contributed by atoms with Gasteiger partial charge in [0.05, 0.1) is 18.7 Å². The Bertz CT molecular complexity index is 1250. The summed E-state index contributed by atoms with van der Waals surface area (Å²) >= 11 is 0. The fourth-order valence-corrected chi connectivity index (χ4v) is 5.20. The zero-order chi connectivity index (χ0) is 29.2. The van der Waals surface area contributed by atoms with Gasteiger partial charge in [-0.25, -0.2) is 4.39 Å². The van der Waals surface area contributed by atoms with Crippen LogP contribution in [0.3, 0.4) is 0 Å². The predicted octanol–water partition coefficient (Wildman–Crippen LogP) is 1.93. The van der Waals surface area contributed by atoms with Crippen molar-refractivity contribution < 1.29 is 33.0 Å². The zero-order valence-corrected chi connectivity index (χ0v) is 23.2. The third-order valence-electron chi connectivity index (χ3n) is 7.64. The summed E-state index contributed by atoms with van der Waals surface area (Å²) in [5.41, 5.74) is 0.460. The molecule has 220 valence electrons. The second-order valence-electron chi connectivity index (χ2n) is 10.3. The van der Waals surface area contributed by atoms with Crippen LogP contribution in [-0.4, -0.2) is 80.6 Å². The maximum atomic E-state index is 14.1. The van der Waals surface area contributed by atoms with Gasteiger partial charge in [-0.3, -0.25) is 19.2 Å². The molecule has 3 N–H and O–H groups in total. The summed E-state index contributed by atoms with van der Waals surface area (Å²) in [4.78, 5) is 53.7. The van der Waals surface area contributed by atoms with E-state index in [0.717, 1.165) is 5.56 Å². The summed E-state index contributed by atoms with van der Waals surface area (Å²) in [6.45, 7) is 3.43. The molecule has 1 fully saturated rings. The molecule has 2 aromatic carbocycles. The number of carbonyl (C=O) groups is 4. The Morgan fingerprint density at radius 2 is 1.88 bits per heavy atom. The summed E-state index contributed by atoms with van der Waals surface area (Å²) in [6, 6.07) is 11.9. The molecular formula is C30H37FN4O6. The van der Waals surface area contributed by atoms with Crippen molar-refractivity contribution >= 4 is 23.6 Å². The summed E-state index contributed by atoms with van der Waals surface area (Å²) in [5.74, 6) is -1.66. The van der Waals surface area contributed by atoms with E-state index in [2.05, 4.69) is 16.0 Å². The second-order valence-corrected chi connectivity index (χ2v) is 10.3. The number of halogens is 1. The molecule has 2 aliphatic rings. The number of hydrogen-bond donors (Lipinski definition) is 3. The fourth-order valence-electron chi connectivity index (χ4n) is 5.20. The lowest BCUT2D eigenvalue weighted by Gasteiger charge is -2.38. The van der Waals surface area contributed by atoms with E-state index in [1.54, 1.807) is 37.3 Å². The maximum absolute atomic E-state index is 14.1. The number of ether oxygens (including phenoxy) is 2. The van der Waals surface area contributed by atoms with Crippen molar-refractivity contribution in [3.05, 3.63) is 65.5 Å². The molecule has 0 saturated carbocycles. The van der Waals surface area contributed by atoms with Gasteiger partial charge in [0.1, 0.15) is 24.2 Å². The number of para-hydroxylation sites is 1. The quantitative estimate of drug-likeness (QED) is 0.506. The van der Waals surface area contributed by atoms with Gasteiger partial charge >= 0.3 is 0 Å². The van der Waals surface area contributed by atoms with E-state index >= 15 is 0 Å². The molecule has 41 heavy (non-hydrogen) atoms. The van der Waals surface area contributed by atoms with Gasteiger partial charge in [0.2, 0.25) is 17.7 Å². The van der Waals surface area contributed by atoms with Crippen molar-refractivity contribution in [3.8, 4) is 5.75 Å². The average Bonchev–Trinajstić information content (AvgIpc) is 2.99. The van der Waals surface area contributed by atoms with Crippen LogP contribution in [-0.2, 0) is 24.5 Å². The van der Waals surface area contributed by atoms with Crippen LogP contribution in [0.25, 0.3) is 0 Å². The van der Waals surface area contributed by atoms with Crippen LogP contribution in [0.4, 0.5) is 4.39 Å². The Balaban J connectivity index is 1.56. The smallest absolute Gasteiger partial charge is 0.255 e. The monoisotopic (exact) mass is 568 g/mol. The number of benzene rings is 2. The van der Waals surface area contributed by atoms with E-state index in [9.17, 15) is 23.6 Å². The molecule has 4 amide bonds. The normalized spacial score (nSPS) is 20.4. The van der Waals surface area contributed by atoms with E-state index in [4.69, 9.17) is 9.47 Å². The number of rotatable bonds is 5. The lowest BCUT2D eigenvalue weighted by Crippen LogP contribution is -2.51. The third-order valence-corrected chi connectivity index (χ3v) is 7.64. The molecule has 2 aliphatic heterocycles. The highest BCUT2D eigenvalue weighted by atomic mass is 19.1. The molecule has 11 heteroatoms. The summed E-state index contributed by atoms with van der Waals surface area (Å²) < 4.78 is 25.4. The molecule has 10 nitrogen and oxygen atoms in total. The van der Waals surface area contributed by atoms with Gasteiger partial charge in [-0.15, -0.1) is 0 Å². The SMILES string of the molecule is CCN1CC(=O)NCCOc2ccccc2C(=O)N[C@H](C(=O)NCC2(c3cccc(F)c3)CCOCC2)CCC1=O. The number of fused-ring (bicyclic) bond motifs is 1. The van der Waals surface area contributed by atoms with Gasteiger partial charge < -0.3 is 30.3 Å². The highest BCUT2D eigenvalue weighted by molar-refractivity contribution is 5.99. The van der Waals surface area contributed by atoms with Crippen molar-refractivity contribution in [3.63, 3.8) is 0 Å². The van der Waals surface area contributed by atoms with Gasteiger partial charge in [0.25, 0.3) is 5.91 Å². The number of nitrogens with zero attached hydrogens (tertiary/aromatic N) is 1. The van der Waals surface area contributed by atoms with E-state index in [-0.39, 0.29) is 62.3 Å². The van der Waals surface area contributed by atoms with Gasteiger partial charge in [0.15, 0.2) is 0 Å². The number of amides is 4. The summed E-state index contributed by atoms with van der Waals surface area (Å²) in [6.07, 6.45) is 1.14. The Morgan fingerprint density at radius 1 is 1.10 bits per heavy atom. The predicted molar refractivity (Wildman–Crippen MR) is 149 cm³/mol. The first kappa shape index (κ1) is 30.0. The molecule has 4 rings (SSSR count). The van der Waals surface area contributed by atoms with E-state index in [1.807, 2.05) is 6.07 Å². The summed E-state index contributed by atoms with van der Waals surface area (Å²) in [7, 11) is 0. The van der Waals surface area contributed by atoms with Crippen molar-refractivity contribution in [2.45, 2.75) is 44.1 Å². The highest BCUT2D eigenvalue weighted by Crippen LogP contribution is 2.34. The van der Waals surface area contributed by atoms with E-state index in [1.165, 1.54) is 17.0 Å². The van der Waals surface area contributed by atoms with Crippen LogP contribution in [0.1, 0.15) is 48.5 Å².